The molecule has 4 rings (SSSR count). The Labute approximate surface area is 176 Å². The average molecular weight is 403 g/mol. The topological polar surface area (TPSA) is 69.7 Å². The molecule has 6 nitrogen and oxygen atoms in total. The molecule has 0 bridgehead atoms. The third-order valence-electron chi connectivity index (χ3n) is 5.47. The van der Waals surface area contributed by atoms with Gasteiger partial charge in [-0.1, -0.05) is 24.3 Å². The van der Waals surface area contributed by atoms with Crippen LogP contribution < -0.4 is 15.1 Å². The molecule has 154 valence electrons. The number of anilines is 2. The van der Waals surface area contributed by atoms with Crippen molar-refractivity contribution in [3.05, 3.63) is 65.7 Å². The lowest BCUT2D eigenvalue weighted by atomic mass is 10.1. The molecule has 2 aromatic carbocycles. The minimum absolute atomic E-state index is 0.152. The van der Waals surface area contributed by atoms with Gasteiger partial charge in [0.05, 0.1) is 0 Å². The fraction of sp³-hybridized carbons (Fsp3) is 0.292. The molecule has 0 atom stereocenters. The van der Waals surface area contributed by atoms with Gasteiger partial charge in [0.2, 0.25) is 17.7 Å². The van der Waals surface area contributed by atoms with Crippen LogP contribution in [0.5, 0.6) is 0 Å². The lowest BCUT2D eigenvalue weighted by Gasteiger charge is -2.16. The maximum absolute atomic E-state index is 12.2. The lowest BCUT2D eigenvalue weighted by Crippen LogP contribution is -2.24. The highest BCUT2D eigenvalue weighted by molar-refractivity contribution is 5.96. The Morgan fingerprint density at radius 2 is 1.57 bits per heavy atom. The van der Waals surface area contributed by atoms with Gasteiger partial charge in [-0.2, -0.15) is 0 Å². The van der Waals surface area contributed by atoms with Crippen molar-refractivity contribution in [1.29, 1.82) is 0 Å². The Morgan fingerprint density at radius 1 is 0.900 bits per heavy atom. The van der Waals surface area contributed by atoms with Crippen LogP contribution in [0.3, 0.4) is 0 Å². The fourth-order valence-corrected chi connectivity index (χ4v) is 3.86. The molecule has 2 fully saturated rings. The predicted octanol–water partition coefficient (Wildman–Crippen LogP) is 3.27. The van der Waals surface area contributed by atoms with Gasteiger partial charge in [0.25, 0.3) is 0 Å². The number of hydrogen-bond donors (Lipinski definition) is 1. The van der Waals surface area contributed by atoms with Gasteiger partial charge in [0.1, 0.15) is 0 Å². The molecule has 30 heavy (non-hydrogen) atoms. The molecule has 0 saturated carbocycles. The van der Waals surface area contributed by atoms with Gasteiger partial charge in [-0.3, -0.25) is 14.4 Å². The van der Waals surface area contributed by atoms with Crippen LogP contribution in [0.25, 0.3) is 6.08 Å². The molecule has 0 radical (unpaired) electrons. The molecule has 0 spiro atoms. The normalized spacial score (nSPS) is 16.7. The third-order valence-corrected chi connectivity index (χ3v) is 5.47. The summed E-state index contributed by atoms with van der Waals surface area (Å²) >= 11 is 0. The second-order valence-electron chi connectivity index (χ2n) is 7.61. The van der Waals surface area contributed by atoms with Crippen molar-refractivity contribution in [3.8, 4) is 0 Å². The quantitative estimate of drug-likeness (QED) is 0.753. The van der Waals surface area contributed by atoms with Crippen molar-refractivity contribution in [1.82, 2.24) is 5.32 Å². The number of carbonyl (C=O) groups excluding carboxylic acids is 3. The SMILES string of the molecule is O=C(/C=C/c1ccc(N2CCCC2=O)cc1)NCc1cccc(N2CCCC2=O)c1. The average Bonchev–Trinajstić information content (AvgIpc) is 3.39. The summed E-state index contributed by atoms with van der Waals surface area (Å²) in [6.45, 7) is 1.92. The second-order valence-corrected chi connectivity index (χ2v) is 7.61. The molecule has 2 aliphatic rings. The first-order valence-corrected chi connectivity index (χ1v) is 10.4. The van der Waals surface area contributed by atoms with Crippen LogP contribution in [0, 0.1) is 0 Å². The van der Waals surface area contributed by atoms with Crippen molar-refractivity contribution in [2.75, 3.05) is 22.9 Å². The number of nitrogens with one attached hydrogen (secondary N) is 1. The second kappa shape index (κ2) is 8.95. The first kappa shape index (κ1) is 19.9. The molecule has 2 aliphatic heterocycles. The summed E-state index contributed by atoms with van der Waals surface area (Å²) in [4.78, 5) is 39.5. The summed E-state index contributed by atoms with van der Waals surface area (Å²) in [6.07, 6.45) is 6.26. The summed E-state index contributed by atoms with van der Waals surface area (Å²) in [5.74, 6) is 0.131. The van der Waals surface area contributed by atoms with E-state index in [1.165, 1.54) is 6.08 Å². The van der Waals surface area contributed by atoms with Gasteiger partial charge < -0.3 is 15.1 Å². The molecule has 0 aliphatic carbocycles. The maximum atomic E-state index is 12.2. The van der Waals surface area contributed by atoms with E-state index in [0.717, 1.165) is 48.4 Å². The van der Waals surface area contributed by atoms with Gasteiger partial charge in [-0.25, -0.2) is 0 Å². The van der Waals surface area contributed by atoms with Crippen LogP contribution in [-0.4, -0.2) is 30.8 Å². The van der Waals surface area contributed by atoms with Crippen LogP contribution in [-0.2, 0) is 20.9 Å². The van der Waals surface area contributed by atoms with Crippen molar-refractivity contribution < 1.29 is 14.4 Å². The zero-order valence-electron chi connectivity index (χ0n) is 16.8. The Bertz CT molecular complexity index is 981. The number of benzene rings is 2. The molecule has 6 heteroatoms. The molecule has 3 amide bonds. The number of carbonyl (C=O) groups is 3. The molecule has 2 saturated heterocycles. The number of nitrogens with zero attached hydrogens (tertiary/aromatic N) is 2. The molecular formula is C24H25N3O3. The molecule has 2 aromatic rings. The highest BCUT2D eigenvalue weighted by atomic mass is 16.2. The first-order chi connectivity index (χ1) is 14.6. The van der Waals surface area contributed by atoms with E-state index in [-0.39, 0.29) is 17.7 Å². The van der Waals surface area contributed by atoms with Crippen LogP contribution in [0.1, 0.15) is 36.8 Å². The van der Waals surface area contributed by atoms with Crippen LogP contribution in [0.4, 0.5) is 11.4 Å². The lowest BCUT2D eigenvalue weighted by molar-refractivity contribution is -0.117. The van der Waals surface area contributed by atoms with E-state index in [1.807, 2.05) is 48.5 Å². The Kier molecular flexibility index (Phi) is 5.93. The summed E-state index contributed by atoms with van der Waals surface area (Å²) in [5, 5.41) is 2.88. The summed E-state index contributed by atoms with van der Waals surface area (Å²) in [6, 6.07) is 15.3. The maximum Gasteiger partial charge on any atom is 0.244 e. The molecule has 1 N–H and O–H groups in total. The van der Waals surface area contributed by atoms with E-state index in [2.05, 4.69) is 5.32 Å². The van der Waals surface area contributed by atoms with E-state index in [0.29, 0.717) is 19.4 Å². The molecule has 0 unspecified atom stereocenters. The van der Waals surface area contributed by atoms with Crippen LogP contribution in [0.15, 0.2) is 54.6 Å². The van der Waals surface area contributed by atoms with Gasteiger partial charge in [-0.15, -0.1) is 0 Å². The van der Waals surface area contributed by atoms with E-state index >= 15 is 0 Å². The highest BCUT2D eigenvalue weighted by Crippen LogP contribution is 2.23. The van der Waals surface area contributed by atoms with Gasteiger partial charge >= 0.3 is 0 Å². The minimum atomic E-state index is -0.184. The largest absolute Gasteiger partial charge is 0.348 e. The van der Waals surface area contributed by atoms with E-state index in [4.69, 9.17) is 0 Å². The molecule has 2 heterocycles. The Morgan fingerprint density at radius 3 is 2.20 bits per heavy atom. The Balaban J connectivity index is 1.31. The van der Waals surface area contributed by atoms with Crippen LogP contribution >= 0.6 is 0 Å². The third kappa shape index (κ3) is 4.59. The van der Waals surface area contributed by atoms with Gasteiger partial charge in [0.15, 0.2) is 0 Å². The summed E-state index contributed by atoms with van der Waals surface area (Å²) in [5.41, 5.74) is 3.63. The smallest absolute Gasteiger partial charge is 0.244 e. The Hall–Kier alpha value is -3.41. The fourth-order valence-electron chi connectivity index (χ4n) is 3.86. The molecule has 0 aromatic heterocycles. The molecular weight excluding hydrogens is 378 g/mol. The zero-order chi connectivity index (χ0) is 20.9. The van der Waals surface area contributed by atoms with Crippen LogP contribution in [0.2, 0.25) is 0 Å². The summed E-state index contributed by atoms with van der Waals surface area (Å²) in [7, 11) is 0. The summed E-state index contributed by atoms with van der Waals surface area (Å²) < 4.78 is 0. The highest BCUT2D eigenvalue weighted by Gasteiger charge is 2.22. The van der Waals surface area contributed by atoms with Crippen molar-refractivity contribution in [3.63, 3.8) is 0 Å². The van der Waals surface area contributed by atoms with Gasteiger partial charge in [0, 0.05) is 49.9 Å². The standard InChI is InChI=1S/C24H25N3O3/c28-22(13-10-18-8-11-20(12-9-18)26-14-2-6-23(26)29)25-17-19-4-1-5-21(16-19)27-15-3-7-24(27)30/h1,4-5,8-13,16H,2-3,6-7,14-15,17H2,(H,25,28)/b13-10+. The monoisotopic (exact) mass is 403 g/mol. The van der Waals surface area contributed by atoms with Gasteiger partial charge in [-0.05, 0) is 54.3 Å². The van der Waals surface area contributed by atoms with Crippen molar-refractivity contribution in [2.24, 2.45) is 0 Å². The minimum Gasteiger partial charge on any atom is -0.348 e. The van der Waals surface area contributed by atoms with E-state index in [9.17, 15) is 14.4 Å². The van der Waals surface area contributed by atoms with Crippen molar-refractivity contribution in [2.45, 2.75) is 32.2 Å². The number of rotatable bonds is 6. The van der Waals surface area contributed by atoms with E-state index < -0.39 is 0 Å². The number of hydrogen-bond acceptors (Lipinski definition) is 3. The first-order valence-electron chi connectivity index (χ1n) is 10.4. The van der Waals surface area contributed by atoms with E-state index in [1.54, 1.807) is 15.9 Å². The van der Waals surface area contributed by atoms with Crippen molar-refractivity contribution >= 4 is 35.2 Å². The predicted molar refractivity (Wildman–Crippen MR) is 117 cm³/mol. The zero-order valence-corrected chi connectivity index (χ0v) is 16.8. The number of amides is 3.